The molecule has 0 amide bonds. The van der Waals surface area contributed by atoms with Gasteiger partial charge in [-0.2, -0.15) is 0 Å². The zero-order chi connectivity index (χ0) is 19.1. The molecule has 0 bridgehead atoms. The predicted molar refractivity (Wildman–Crippen MR) is 102 cm³/mol. The summed E-state index contributed by atoms with van der Waals surface area (Å²) in [4.78, 5) is 24.0. The van der Waals surface area contributed by atoms with E-state index in [1.165, 1.54) is 11.6 Å². The Kier molecular flexibility index (Phi) is 6.26. The van der Waals surface area contributed by atoms with Crippen LogP contribution in [0.2, 0.25) is 0 Å². The molecule has 3 rings (SSSR count). The molecule has 27 heavy (non-hydrogen) atoms. The van der Waals surface area contributed by atoms with E-state index in [0.29, 0.717) is 30.3 Å². The van der Waals surface area contributed by atoms with Crippen molar-refractivity contribution in [1.82, 2.24) is 0 Å². The smallest absolute Gasteiger partial charge is 0.331 e. The number of fused-ring (bicyclic) bond motifs is 1. The minimum Gasteiger partial charge on any atom is -0.486 e. The van der Waals surface area contributed by atoms with Gasteiger partial charge in [-0.15, -0.1) is 0 Å². The van der Waals surface area contributed by atoms with Crippen molar-refractivity contribution in [2.75, 3.05) is 19.8 Å². The highest BCUT2D eigenvalue weighted by molar-refractivity contribution is 5.98. The third-order valence-corrected chi connectivity index (χ3v) is 4.14. The van der Waals surface area contributed by atoms with Crippen molar-refractivity contribution < 1.29 is 23.8 Å². The van der Waals surface area contributed by atoms with Gasteiger partial charge in [-0.25, -0.2) is 4.79 Å². The molecule has 5 nitrogen and oxygen atoms in total. The van der Waals surface area contributed by atoms with E-state index in [1.54, 1.807) is 30.3 Å². The summed E-state index contributed by atoms with van der Waals surface area (Å²) in [7, 11) is 0. The molecule has 0 spiro atoms. The molecule has 0 unspecified atom stereocenters. The number of benzene rings is 2. The van der Waals surface area contributed by atoms with Gasteiger partial charge in [0.2, 0.25) is 0 Å². The number of hydrogen-bond donors (Lipinski definition) is 0. The van der Waals surface area contributed by atoms with Gasteiger partial charge in [0.05, 0.1) is 0 Å². The Hall–Kier alpha value is -3.08. The summed E-state index contributed by atoms with van der Waals surface area (Å²) in [6.07, 6.45) is 4.95. The van der Waals surface area contributed by atoms with Gasteiger partial charge >= 0.3 is 5.97 Å². The number of Topliss-reactive ketones (excluding diaryl/α,β-unsaturated/α-hetero) is 1. The van der Waals surface area contributed by atoms with Crippen LogP contribution in [0.1, 0.15) is 34.8 Å². The number of ether oxygens (including phenoxy) is 3. The topological polar surface area (TPSA) is 61.8 Å². The quantitative estimate of drug-likeness (QED) is 0.423. The van der Waals surface area contributed by atoms with Crippen molar-refractivity contribution >= 4 is 17.8 Å². The lowest BCUT2D eigenvalue weighted by Gasteiger charge is -2.18. The lowest BCUT2D eigenvalue weighted by Crippen LogP contribution is -2.15. The first kappa shape index (κ1) is 18.7. The average molecular weight is 366 g/mol. The summed E-state index contributed by atoms with van der Waals surface area (Å²) in [6, 6.07) is 12.8. The highest BCUT2D eigenvalue weighted by Crippen LogP contribution is 2.31. The third-order valence-electron chi connectivity index (χ3n) is 4.14. The molecule has 0 aliphatic carbocycles. The SMILES string of the molecule is CCCc1ccc(C(=O)COC(=O)/C=C/c2ccc3c(c2)OCCO3)cc1. The second-order valence-electron chi connectivity index (χ2n) is 6.21. The molecular formula is C22H22O5. The maximum atomic E-state index is 12.1. The fraction of sp³-hybridized carbons (Fsp3) is 0.273. The van der Waals surface area contributed by atoms with Crippen molar-refractivity contribution in [3.63, 3.8) is 0 Å². The summed E-state index contributed by atoms with van der Waals surface area (Å²) in [5.41, 5.74) is 2.51. The number of hydrogen-bond acceptors (Lipinski definition) is 5. The fourth-order valence-electron chi connectivity index (χ4n) is 2.74. The maximum Gasteiger partial charge on any atom is 0.331 e. The second-order valence-corrected chi connectivity index (χ2v) is 6.21. The van der Waals surface area contributed by atoms with Gasteiger partial charge in [0.15, 0.2) is 23.9 Å². The highest BCUT2D eigenvalue weighted by atomic mass is 16.6. The minimum absolute atomic E-state index is 0.223. The molecule has 2 aromatic carbocycles. The Bertz CT molecular complexity index is 836. The molecular weight excluding hydrogens is 344 g/mol. The molecule has 0 N–H and O–H groups in total. The van der Waals surface area contributed by atoms with Crippen LogP contribution >= 0.6 is 0 Å². The molecule has 2 aromatic rings. The van der Waals surface area contributed by atoms with Crippen LogP contribution in [0.3, 0.4) is 0 Å². The zero-order valence-corrected chi connectivity index (χ0v) is 15.3. The van der Waals surface area contributed by atoms with Crippen LogP contribution in [-0.4, -0.2) is 31.6 Å². The second kappa shape index (κ2) is 9.03. The van der Waals surface area contributed by atoms with E-state index in [0.717, 1.165) is 18.4 Å². The largest absolute Gasteiger partial charge is 0.486 e. The van der Waals surface area contributed by atoms with E-state index in [1.807, 2.05) is 18.2 Å². The van der Waals surface area contributed by atoms with Crippen molar-refractivity contribution in [3.8, 4) is 11.5 Å². The van der Waals surface area contributed by atoms with E-state index in [-0.39, 0.29) is 12.4 Å². The van der Waals surface area contributed by atoms with E-state index in [4.69, 9.17) is 14.2 Å². The van der Waals surface area contributed by atoms with Crippen LogP contribution in [-0.2, 0) is 16.0 Å². The van der Waals surface area contributed by atoms with Gasteiger partial charge in [-0.05, 0) is 35.8 Å². The van der Waals surface area contributed by atoms with Crippen molar-refractivity contribution in [1.29, 1.82) is 0 Å². The first-order chi connectivity index (χ1) is 13.2. The van der Waals surface area contributed by atoms with Crippen LogP contribution in [0, 0.1) is 0 Å². The van der Waals surface area contributed by atoms with Crippen molar-refractivity contribution in [2.45, 2.75) is 19.8 Å². The van der Waals surface area contributed by atoms with Gasteiger partial charge in [-0.3, -0.25) is 4.79 Å². The van der Waals surface area contributed by atoms with Crippen molar-refractivity contribution in [2.24, 2.45) is 0 Å². The van der Waals surface area contributed by atoms with Gasteiger partial charge < -0.3 is 14.2 Å². The normalized spacial score (nSPS) is 12.8. The van der Waals surface area contributed by atoms with Crippen LogP contribution in [0.25, 0.3) is 6.08 Å². The molecule has 5 heteroatoms. The van der Waals surface area contributed by atoms with E-state index < -0.39 is 5.97 Å². The third kappa shape index (κ3) is 5.20. The number of aryl methyl sites for hydroxylation is 1. The molecule has 140 valence electrons. The number of rotatable bonds is 7. The molecule has 0 radical (unpaired) electrons. The van der Waals surface area contributed by atoms with E-state index >= 15 is 0 Å². The number of carbonyl (C=O) groups is 2. The predicted octanol–water partition coefficient (Wildman–Crippen LogP) is 3.85. The maximum absolute atomic E-state index is 12.1. The molecule has 1 aliphatic rings. The molecule has 0 saturated carbocycles. The number of ketones is 1. The standard InChI is InChI=1S/C22H22O5/c1-2-3-16-4-8-18(9-5-16)19(23)15-27-22(24)11-7-17-6-10-20-21(14-17)26-13-12-25-20/h4-11,14H,2-3,12-13,15H2,1H3/b11-7+. The van der Waals surface area contributed by atoms with Crippen LogP contribution in [0.4, 0.5) is 0 Å². The van der Waals surface area contributed by atoms with E-state index in [2.05, 4.69) is 6.92 Å². The van der Waals surface area contributed by atoms with Crippen LogP contribution in [0.15, 0.2) is 48.5 Å². The van der Waals surface area contributed by atoms with Crippen LogP contribution in [0.5, 0.6) is 11.5 Å². The summed E-state index contributed by atoms with van der Waals surface area (Å²) in [6.45, 7) is 2.86. The summed E-state index contributed by atoms with van der Waals surface area (Å²) < 4.78 is 16.0. The first-order valence-electron chi connectivity index (χ1n) is 9.02. The fourth-order valence-corrected chi connectivity index (χ4v) is 2.74. The van der Waals surface area contributed by atoms with Crippen LogP contribution < -0.4 is 9.47 Å². The zero-order valence-electron chi connectivity index (χ0n) is 15.3. The average Bonchev–Trinajstić information content (AvgIpc) is 2.71. The number of carbonyl (C=O) groups excluding carboxylic acids is 2. The van der Waals surface area contributed by atoms with Gasteiger partial charge in [0.25, 0.3) is 0 Å². The summed E-state index contributed by atoms with van der Waals surface area (Å²) >= 11 is 0. The molecule has 0 saturated heterocycles. The molecule has 0 atom stereocenters. The molecule has 1 aliphatic heterocycles. The minimum atomic E-state index is -0.569. The van der Waals surface area contributed by atoms with Gasteiger partial charge in [0, 0.05) is 11.6 Å². The monoisotopic (exact) mass is 366 g/mol. The Balaban J connectivity index is 1.51. The van der Waals surface area contributed by atoms with Gasteiger partial charge in [0.1, 0.15) is 13.2 Å². The molecule has 1 heterocycles. The molecule has 0 aromatic heterocycles. The highest BCUT2D eigenvalue weighted by Gasteiger charge is 2.11. The Morgan fingerprint density at radius 1 is 1.04 bits per heavy atom. The van der Waals surface area contributed by atoms with E-state index in [9.17, 15) is 9.59 Å². The van der Waals surface area contributed by atoms with Gasteiger partial charge in [-0.1, -0.05) is 43.7 Å². The summed E-state index contributed by atoms with van der Waals surface area (Å²) in [5, 5.41) is 0. The number of esters is 1. The van der Waals surface area contributed by atoms with Crippen molar-refractivity contribution in [3.05, 3.63) is 65.2 Å². The molecule has 0 fully saturated rings. The Morgan fingerprint density at radius 2 is 1.78 bits per heavy atom. The Labute approximate surface area is 158 Å². The first-order valence-corrected chi connectivity index (χ1v) is 9.02. The lowest BCUT2D eigenvalue weighted by atomic mass is 10.1. The Morgan fingerprint density at radius 3 is 2.52 bits per heavy atom. The lowest BCUT2D eigenvalue weighted by molar-refractivity contribution is -0.136. The summed E-state index contributed by atoms with van der Waals surface area (Å²) in [5.74, 6) is 0.551.